The molecule has 0 aliphatic heterocycles. The third-order valence-corrected chi connectivity index (χ3v) is 4.41. The van der Waals surface area contributed by atoms with Crippen LogP contribution in [0.4, 0.5) is 5.82 Å². The summed E-state index contributed by atoms with van der Waals surface area (Å²) in [6, 6.07) is 17.7. The van der Waals surface area contributed by atoms with Gasteiger partial charge in [0, 0.05) is 30.1 Å². The van der Waals surface area contributed by atoms with E-state index in [0.717, 1.165) is 34.1 Å². The maximum Gasteiger partial charge on any atom is 0.235 e. The van der Waals surface area contributed by atoms with Gasteiger partial charge in [-0.05, 0) is 36.4 Å². The minimum absolute atomic E-state index is 0.607. The number of para-hydroxylation sites is 1. The molecule has 0 spiro atoms. The first kappa shape index (κ1) is 16.9. The van der Waals surface area contributed by atoms with Crippen molar-refractivity contribution in [2.75, 3.05) is 19.5 Å². The predicted octanol–water partition coefficient (Wildman–Crippen LogP) is 4.03. The van der Waals surface area contributed by atoms with Gasteiger partial charge in [0.2, 0.25) is 5.78 Å². The van der Waals surface area contributed by atoms with Crippen molar-refractivity contribution in [1.29, 1.82) is 0 Å². The van der Waals surface area contributed by atoms with Crippen LogP contribution in [0.3, 0.4) is 0 Å². The molecule has 6 heteroatoms. The molecule has 0 radical (unpaired) electrons. The van der Waals surface area contributed by atoms with E-state index >= 15 is 0 Å². The molecule has 2 heterocycles. The molecule has 4 rings (SSSR count). The molecule has 27 heavy (non-hydrogen) atoms. The van der Waals surface area contributed by atoms with Gasteiger partial charge in [-0.25, -0.2) is 9.97 Å². The van der Waals surface area contributed by atoms with Crippen LogP contribution >= 0.6 is 0 Å². The van der Waals surface area contributed by atoms with E-state index in [1.54, 1.807) is 20.4 Å². The maximum absolute atomic E-state index is 5.45. The molecule has 0 bridgehead atoms. The number of anilines is 1. The van der Waals surface area contributed by atoms with E-state index in [-0.39, 0.29) is 0 Å². The molecule has 2 aromatic heterocycles. The van der Waals surface area contributed by atoms with Gasteiger partial charge < -0.3 is 14.8 Å². The fraction of sp³-hybridized carbons (Fsp3) is 0.143. The summed E-state index contributed by atoms with van der Waals surface area (Å²) >= 11 is 0. The van der Waals surface area contributed by atoms with Gasteiger partial charge in [0.25, 0.3) is 0 Å². The molecular formula is C21H20N4O2. The highest BCUT2D eigenvalue weighted by molar-refractivity contribution is 5.76. The second-order valence-corrected chi connectivity index (χ2v) is 5.99. The van der Waals surface area contributed by atoms with Crippen LogP contribution in [0.1, 0.15) is 5.56 Å². The number of benzene rings is 2. The Morgan fingerprint density at radius 1 is 0.963 bits per heavy atom. The topological polar surface area (TPSA) is 60.7 Å². The lowest BCUT2D eigenvalue weighted by atomic mass is 10.1. The molecule has 2 aromatic carbocycles. The van der Waals surface area contributed by atoms with Crippen LogP contribution in [0.2, 0.25) is 0 Å². The lowest BCUT2D eigenvalue weighted by Gasteiger charge is -2.12. The van der Waals surface area contributed by atoms with Crippen LogP contribution in [0.25, 0.3) is 17.0 Å². The molecule has 1 N–H and O–H groups in total. The summed E-state index contributed by atoms with van der Waals surface area (Å²) in [5, 5.41) is 3.50. The van der Waals surface area contributed by atoms with Crippen molar-refractivity contribution in [1.82, 2.24) is 14.4 Å². The van der Waals surface area contributed by atoms with Crippen LogP contribution in [0, 0.1) is 0 Å². The number of hydrogen-bond acceptors (Lipinski definition) is 5. The fourth-order valence-corrected chi connectivity index (χ4v) is 3.03. The normalized spacial score (nSPS) is 10.7. The first-order valence-corrected chi connectivity index (χ1v) is 8.63. The quantitative estimate of drug-likeness (QED) is 0.563. The van der Waals surface area contributed by atoms with Gasteiger partial charge in [0.1, 0.15) is 23.0 Å². The van der Waals surface area contributed by atoms with Gasteiger partial charge in [-0.2, -0.15) is 0 Å². The molecule has 6 nitrogen and oxygen atoms in total. The van der Waals surface area contributed by atoms with Crippen LogP contribution in [-0.2, 0) is 6.54 Å². The Labute approximate surface area is 157 Å². The minimum atomic E-state index is 0.607. The van der Waals surface area contributed by atoms with Crippen molar-refractivity contribution in [3.63, 3.8) is 0 Å². The predicted molar refractivity (Wildman–Crippen MR) is 105 cm³/mol. The van der Waals surface area contributed by atoms with Crippen molar-refractivity contribution in [2.45, 2.75) is 6.54 Å². The minimum Gasteiger partial charge on any atom is -0.497 e. The van der Waals surface area contributed by atoms with E-state index in [2.05, 4.69) is 10.3 Å². The Kier molecular flexibility index (Phi) is 4.61. The third-order valence-electron chi connectivity index (χ3n) is 4.41. The summed E-state index contributed by atoms with van der Waals surface area (Å²) in [4.78, 5) is 9.08. The number of aromatic nitrogens is 3. The monoisotopic (exact) mass is 360 g/mol. The zero-order valence-corrected chi connectivity index (χ0v) is 15.2. The maximum atomic E-state index is 5.45. The van der Waals surface area contributed by atoms with Crippen LogP contribution in [0.5, 0.6) is 11.5 Å². The van der Waals surface area contributed by atoms with E-state index in [9.17, 15) is 0 Å². The third kappa shape index (κ3) is 3.29. The molecule has 0 saturated carbocycles. The Morgan fingerprint density at radius 3 is 2.56 bits per heavy atom. The number of rotatable bonds is 6. The van der Waals surface area contributed by atoms with E-state index < -0.39 is 0 Å². The van der Waals surface area contributed by atoms with Gasteiger partial charge >= 0.3 is 0 Å². The molecule has 136 valence electrons. The molecule has 0 fully saturated rings. The molecule has 0 amide bonds. The average Bonchev–Trinajstić information content (AvgIpc) is 3.11. The summed E-state index contributed by atoms with van der Waals surface area (Å²) in [5.74, 6) is 3.19. The first-order valence-electron chi connectivity index (χ1n) is 8.63. The lowest BCUT2D eigenvalue weighted by Crippen LogP contribution is -2.05. The van der Waals surface area contributed by atoms with Crippen molar-refractivity contribution >= 4 is 11.6 Å². The van der Waals surface area contributed by atoms with E-state index in [1.807, 2.05) is 65.2 Å². The van der Waals surface area contributed by atoms with Gasteiger partial charge in [-0.3, -0.25) is 4.40 Å². The Bertz CT molecular complexity index is 1060. The Balaban J connectivity index is 1.74. The molecular weight excluding hydrogens is 340 g/mol. The largest absolute Gasteiger partial charge is 0.497 e. The summed E-state index contributed by atoms with van der Waals surface area (Å²) in [5.41, 5.74) is 2.90. The molecule has 0 atom stereocenters. The van der Waals surface area contributed by atoms with Gasteiger partial charge in [-0.15, -0.1) is 0 Å². The zero-order chi connectivity index (χ0) is 18.6. The van der Waals surface area contributed by atoms with Gasteiger partial charge in [0.05, 0.1) is 14.2 Å². The standard InChI is InChI=1S/C21H20N4O2/c1-26-17-10-8-15(9-11-17)19-20(25-13-5-12-22-21(25)24-19)23-14-16-6-3-4-7-18(16)27-2/h3-13,23H,14H2,1-2H3. The SMILES string of the molecule is COc1ccc(-c2nc3ncccn3c2NCc2ccccc2OC)cc1. The van der Waals surface area contributed by atoms with Crippen LogP contribution in [0.15, 0.2) is 67.0 Å². The molecule has 0 saturated heterocycles. The van der Waals surface area contributed by atoms with E-state index in [4.69, 9.17) is 14.5 Å². The lowest BCUT2D eigenvalue weighted by molar-refractivity contribution is 0.410. The molecule has 0 aliphatic rings. The second kappa shape index (κ2) is 7.37. The summed E-state index contributed by atoms with van der Waals surface area (Å²) < 4.78 is 12.7. The highest BCUT2D eigenvalue weighted by Crippen LogP contribution is 2.30. The number of nitrogens with zero attached hydrogens (tertiary/aromatic N) is 3. The average molecular weight is 360 g/mol. The van der Waals surface area contributed by atoms with Crippen molar-refractivity contribution in [2.24, 2.45) is 0 Å². The second-order valence-electron chi connectivity index (χ2n) is 5.99. The van der Waals surface area contributed by atoms with Crippen LogP contribution in [-0.4, -0.2) is 28.6 Å². The van der Waals surface area contributed by atoms with Crippen molar-refractivity contribution in [3.8, 4) is 22.8 Å². The smallest absolute Gasteiger partial charge is 0.235 e. The number of hydrogen-bond donors (Lipinski definition) is 1. The summed E-state index contributed by atoms with van der Waals surface area (Å²) in [7, 11) is 3.34. The number of ether oxygens (including phenoxy) is 2. The number of imidazole rings is 1. The Hall–Kier alpha value is -3.54. The molecule has 0 aliphatic carbocycles. The van der Waals surface area contributed by atoms with E-state index in [1.165, 1.54) is 0 Å². The first-order chi connectivity index (χ1) is 13.3. The number of fused-ring (bicyclic) bond motifs is 1. The highest BCUT2D eigenvalue weighted by atomic mass is 16.5. The fourth-order valence-electron chi connectivity index (χ4n) is 3.03. The van der Waals surface area contributed by atoms with Gasteiger partial charge in [0.15, 0.2) is 0 Å². The molecule has 4 aromatic rings. The van der Waals surface area contributed by atoms with E-state index in [0.29, 0.717) is 12.3 Å². The van der Waals surface area contributed by atoms with Crippen molar-refractivity contribution < 1.29 is 9.47 Å². The van der Waals surface area contributed by atoms with Crippen molar-refractivity contribution in [3.05, 3.63) is 72.6 Å². The van der Waals surface area contributed by atoms with Crippen LogP contribution < -0.4 is 14.8 Å². The Morgan fingerprint density at radius 2 is 1.78 bits per heavy atom. The summed E-state index contributed by atoms with van der Waals surface area (Å²) in [6.45, 7) is 0.607. The van der Waals surface area contributed by atoms with Gasteiger partial charge in [-0.1, -0.05) is 18.2 Å². The zero-order valence-electron chi connectivity index (χ0n) is 15.2. The highest BCUT2D eigenvalue weighted by Gasteiger charge is 2.15. The number of nitrogens with one attached hydrogen (secondary N) is 1. The number of methoxy groups -OCH3 is 2. The summed E-state index contributed by atoms with van der Waals surface area (Å²) in [6.07, 6.45) is 3.69. The molecule has 0 unspecified atom stereocenters.